The fraction of sp³-hybridized carbons (Fsp3) is 0.346. The number of hydrogen-bond donors (Lipinski definition) is 1. The molecule has 1 heterocycles. The first kappa shape index (κ1) is 19.5. The molecule has 0 radical (unpaired) electrons. The topological polar surface area (TPSA) is 34.0 Å². The van der Waals surface area contributed by atoms with Gasteiger partial charge in [-0.15, -0.1) is 0 Å². The molecule has 0 spiro atoms. The maximum absolute atomic E-state index is 12.6. The number of carbonyl (C=O) groups is 1. The van der Waals surface area contributed by atoms with Gasteiger partial charge in [0.2, 0.25) is 0 Å². The lowest BCUT2D eigenvalue weighted by atomic mass is 9.89. The van der Waals surface area contributed by atoms with Crippen LogP contribution in [0, 0.1) is 12.8 Å². The molecule has 4 rings (SSSR count). The van der Waals surface area contributed by atoms with E-state index >= 15 is 0 Å². The predicted octanol–water partition coefficient (Wildman–Crippen LogP) is 5.44. The number of benzene rings is 2. The number of amides is 1. The fourth-order valence-electron chi connectivity index (χ4n) is 4.43. The molecule has 0 saturated carbocycles. The zero-order valence-electron chi connectivity index (χ0n) is 17.6. The smallest absolute Gasteiger partial charge is 0.251 e. The fourth-order valence-corrected chi connectivity index (χ4v) is 4.43. The Kier molecular flexibility index (Phi) is 5.57. The molecule has 1 aliphatic carbocycles. The maximum atomic E-state index is 12.6. The summed E-state index contributed by atoms with van der Waals surface area (Å²) in [6.45, 7) is 7.28. The summed E-state index contributed by atoms with van der Waals surface area (Å²) in [5, 5.41) is 3.07. The number of rotatable bonds is 5. The van der Waals surface area contributed by atoms with Crippen LogP contribution in [0.2, 0.25) is 0 Å². The molecule has 0 fully saturated rings. The summed E-state index contributed by atoms with van der Waals surface area (Å²) in [7, 11) is 0. The van der Waals surface area contributed by atoms with Crippen molar-refractivity contribution in [2.75, 3.05) is 6.54 Å². The summed E-state index contributed by atoms with van der Waals surface area (Å²) in [6, 6.07) is 20.6. The van der Waals surface area contributed by atoms with Crippen molar-refractivity contribution in [3.05, 3.63) is 88.7 Å². The molecule has 0 bridgehead atoms. The zero-order valence-corrected chi connectivity index (χ0v) is 17.6. The van der Waals surface area contributed by atoms with Gasteiger partial charge in [0.1, 0.15) is 0 Å². The summed E-state index contributed by atoms with van der Waals surface area (Å²) in [4.78, 5) is 12.6. The lowest BCUT2D eigenvalue weighted by Crippen LogP contribution is -2.27. The number of hydrogen-bond acceptors (Lipinski definition) is 1. The van der Waals surface area contributed by atoms with E-state index in [1.54, 1.807) is 0 Å². The summed E-state index contributed by atoms with van der Waals surface area (Å²) in [5.41, 5.74) is 7.30. The molecule has 29 heavy (non-hydrogen) atoms. The minimum Gasteiger partial charge on any atom is -0.351 e. The first-order valence-electron chi connectivity index (χ1n) is 10.7. The molecule has 2 atom stereocenters. The van der Waals surface area contributed by atoms with Gasteiger partial charge in [-0.05, 0) is 79.5 Å². The van der Waals surface area contributed by atoms with Gasteiger partial charge in [0, 0.05) is 29.2 Å². The Morgan fingerprint density at radius 1 is 1.14 bits per heavy atom. The van der Waals surface area contributed by atoms with E-state index in [1.807, 2.05) is 30.3 Å². The quantitative estimate of drug-likeness (QED) is 0.622. The minimum atomic E-state index is -0.0144. The standard InChI is InChI=1S/C26H30N2O/c1-18-9-14-25-23(15-18)16-20(3)28(25)24-12-10-22(11-13-24)26(29)27-17-19(2)21-7-5-4-6-8-21/h4-8,10-13,16,18-19H,9,14-15,17H2,1-3H3,(H,27,29)/t18-,19-/m0/s1. The van der Waals surface area contributed by atoms with E-state index in [-0.39, 0.29) is 11.8 Å². The van der Waals surface area contributed by atoms with Crippen molar-refractivity contribution < 1.29 is 4.79 Å². The van der Waals surface area contributed by atoms with E-state index in [2.05, 4.69) is 61.0 Å². The van der Waals surface area contributed by atoms with E-state index in [9.17, 15) is 4.79 Å². The van der Waals surface area contributed by atoms with Crippen molar-refractivity contribution >= 4 is 5.91 Å². The van der Waals surface area contributed by atoms with Gasteiger partial charge >= 0.3 is 0 Å². The van der Waals surface area contributed by atoms with Gasteiger partial charge < -0.3 is 9.88 Å². The number of nitrogens with zero attached hydrogens (tertiary/aromatic N) is 1. The third-order valence-electron chi connectivity index (χ3n) is 6.14. The molecule has 1 N–H and O–H groups in total. The first-order valence-corrected chi connectivity index (χ1v) is 10.7. The molecule has 0 saturated heterocycles. The van der Waals surface area contributed by atoms with Crippen molar-refractivity contribution in [3.8, 4) is 5.69 Å². The van der Waals surface area contributed by atoms with Crippen LogP contribution in [-0.2, 0) is 12.8 Å². The van der Waals surface area contributed by atoms with Crippen molar-refractivity contribution in [3.63, 3.8) is 0 Å². The van der Waals surface area contributed by atoms with E-state index in [0.29, 0.717) is 12.1 Å². The normalized spacial score (nSPS) is 16.9. The van der Waals surface area contributed by atoms with Gasteiger partial charge in [-0.25, -0.2) is 0 Å². The maximum Gasteiger partial charge on any atom is 0.251 e. The van der Waals surface area contributed by atoms with Gasteiger partial charge in [0.15, 0.2) is 0 Å². The largest absolute Gasteiger partial charge is 0.351 e. The SMILES string of the molecule is Cc1cc2c(n1-c1ccc(C(=O)NC[C@H](C)c3ccccc3)cc1)CC[C@H](C)C2. The van der Waals surface area contributed by atoms with Crippen LogP contribution in [0.25, 0.3) is 5.69 Å². The molecule has 150 valence electrons. The van der Waals surface area contributed by atoms with Crippen molar-refractivity contribution in [2.24, 2.45) is 5.92 Å². The summed E-state index contributed by atoms with van der Waals surface area (Å²) < 4.78 is 2.36. The Bertz CT molecular complexity index is 986. The molecule has 1 aromatic heterocycles. The monoisotopic (exact) mass is 386 g/mol. The van der Waals surface area contributed by atoms with Gasteiger partial charge in [-0.2, -0.15) is 0 Å². The highest BCUT2D eigenvalue weighted by molar-refractivity contribution is 5.94. The highest BCUT2D eigenvalue weighted by Crippen LogP contribution is 2.30. The number of nitrogens with one attached hydrogen (secondary N) is 1. The van der Waals surface area contributed by atoms with Crippen LogP contribution < -0.4 is 5.32 Å². The van der Waals surface area contributed by atoms with Gasteiger partial charge in [0.25, 0.3) is 5.91 Å². The highest BCUT2D eigenvalue weighted by atomic mass is 16.1. The Balaban J connectivity index is 1.45. The van der Waals surface area contributed by atoms with Gasteiger partial charge in [0.05, 0.1) is 0 Å². The second kappa shape index (κ2) is 8.28. The minimum absolute atomic E-state index is 0.0144. The Morgan fingerprint density at radius 3 is 2.59 bits per heavy atom. The Morgan fingerprint density at radius 2 is 1.86 bits per heavy atom. The van der Waals surface area contributed by atoms with Crippen LogP contribution in [0.4, 0.5) is 0 Å². The lowest BCUT2D eigenvalue weighted by Gasteiger charge is -2.21. The molecule has 3 heteroatoms. The number of aryl methyl sites for hydroxylation is 1. The van der Waals surface area contributed by atoms with Crippen LogP contribution >= 0.6 is 0 Å². The average molecular weight is 387 g/mol. The molecular weight excluding hydrogens is 356 g/mol. The van der Waals surface area contributed by atoms with Crippen LogP contribution in [0.3, 0.4) is 0 Å². The molecular formula is C26H30N2O. The Hall–Kier alpha value is -2.81. The van der Waals surface area contributed by atoms with E-state index in [1.165, 1.54) is 35.4 Å². The summed E-state index contributed by atoms with van der Waals surface area (Å²) in [6.07, 6.45) is 3.55. The lowest BCUT2D eigenvalue weighted by molar-refractivity contribution is 0.0951. The number of aromatic nitrogens is 1. The third-order valence-corrected chi connectivity index (χ3v) is 6.14. The van der Waals surface area contributed by atoms with Crippen LogP contribution in [0.15, 0.2) is 60.7 Å². The molecule has 3 nitrogen and oxygen atoms in total. The average Bonchev–Trinajstić information content (AvgIpc) is 3.07. The molecule has 0 unspecified atom stereocenters. The van der Waals surface area contributed by atoms with Crippen LogP contribution in [-0.4, -0.2) is 17.0 Å². The predicted molar refractivity (Wildman–Crippen MR) is 119 cm³/mol. The van der Waals surface area contributed by atoms with Crippen molar-refractivity contribution in [1.29, 1.82) is 0 Å². The van der Waals surface area contributed by atoms with Crippen molar-refractivity contribution in [1.82, 2.24) is 9.88 Å². The Labute approximate surface area is 173 Å². The number of carbonyl (C=O) groups excluding carboxylic acids is 1. The van der Waals surface area contributed by atoms with Gasteiger partial charge in [-0.1, -0.05) is 44.2 Å². The highest BCUT2D eigenvalue weighted by Gasteiger charge is 2.21. The molecule has 1 aliphatic rings. The first-order chi connectivity index (χ1) is 14.0. The van der Waals surface area contributed by atoms with Crippen LogP contribution in [0.5, 0.6) is 0 Å². The second-order valence-electron chi connectivity index (χ2n) is 8.51. The second-order valence-corrected chi connectivity index (χ2v) is 8.51. The van der Waals surface area contributed by atoms with E-state index in [0.717, 1.165) is 18.0 Å². The van der Waals surface area contributed by atoms with E-state index in [4.69, 9.17) is 0 Å². The third kappa shape index (κ3) is 4.14. The molecule has 1 amide bonds. The van der Waals surface area contributed by atoms with E-state index < -0.39 is 0 Å². The van der Waals surface area contributed by atoms with Crippen LogP contribution in [0.1, 0.15) is 59.1 Å². The molecule has 2 aromatic carbocycles. The molecule has 3 aromatic rings. The zero-order chi connectivity index (χ0) is 20.4. The number of fused-ring (bicyclic) bond motifs is 1. The van der Waals surface area contributed by atoms with Crippen molar-refractivity contribution in [2.45, 2.75) is 46.0 Å². The van der Waals surface area contributed by atoms with Gasteiger partial charge in [-0.3, -0.25) is 4.79 Å². The summed E-state index contributed by atoms with van der Waals surface area (Å²) in [5.74, 6) is 1.04. The summed E-state index contributed by atoms with van der Waals surface area (Å²) >= 11 is 0. The molecule has 0 aliphatic heterocycles.